The first kappa shape index (κ1) is 17.4. The van der Waals surface area contributed by atoms with E-state index in [0.29, 0.717) is 12.6 Å². The molecule has 1 aromatic rings. The number of nitrogens with one attached hydrogen (secondary N) is 1. The molecule has 4 heteroatoms. The molecule has 3 rings (SSSR count). The topological polar surface area (TPSA) is 35.6 Å². The molecule has 1 aromatic carbocycles. The van der Waals surface area contributed by atoms with Gasteiger partial charge in [-0.15, -0.1) is 0 Å². The molecule has 0 saturated carbocycles. The van der Waals surface area contributed by atoms with Gasteiger partial charge in [-0.25, -0.2) is 0 Å². The van der Waals surface area contributed by atoms with Crippen LogP contribution in [-0.2, 0) is 11.3 Å². The minimum absolute atomic E-state index is 0.214. The molecule has 0 aromatic heterocycles. The molecule has 0 spiro atoms. The molecule has 0 aliphatic carbocycles. The molecule has 1 amide bonds. The average Bonchev–Trinajstić information content (AvgIpc) is 2.57. The lowest BCUT2D eigenvalue weighted by Gasteiger charge is -2.34. The van der Waals surface area contributed by atoms with Crippen LogP contribution < -0.4 is 5.32 Å². The third-order valence-electron chi connectivity index (χ3n) is 5.31. The zero-order chi connectivity index (χ0) is 16.8. The number of rotatable bonds is 5. The van der Waals surface area contributed by atoms with Crippen molar-refractivity contribution in [3.63, 3.8) is 0 Å². The maximum atomic E-state index is 12.3. The van der Waals surface area contributed by atoms with Gasteiger partial charge < -0.3 is 5.32 Å². The van der Waals surface area contributed by atoms with E-state index in [9.17, 15) is 4.79 Å². The highest BCUT2D eigenvalue weighted by Gasteiger charge is 2.23. The Morgan fingerprint density at radius 2 is 1.83 bits per heavy atom. The van der Waals surface area contributed by atoms with Crippen molar-refractivity contribution in [1.82, 2.24) is 15.1 Å². The summed E-state index contributed by atoms with van der Waals surface area (Å²) >= 11 is 0. The summed E-state index contributed by atoms with van der Waals surface area (Å²) in [5.41, 5.74) is 1.37. The monoisotopic (exact) mass is 329 g/mol. The van der Waals surface area contributed by atoms with E-state index in [4.69, 9.17) is 0 Å². The molecule has 2 aliphatic rings. The van der Waals surface area contributed by atoms with Crippen LogP contribution in [0, 0.1) is 5.92 Å². The smallest absolute Gasteiger partial charge is 0.234 e. The first-order valence-corrected chi connectivity index (χ1v) is 9.47. The minimum Gasteiger partial charge on any atom is -0.352 e. The predicted molar refractivity (Wildman–Crippen MR) is 97.7 cm³/mol. The zero-order valence-corrected chi connectivity index (χ0v) is 14.9. The van der Waals surface area contributed by atoms with Gasteiger partial charge in [-0.3, -0.25) is 14.6 Å². The van der Waals surface area contributed by atoms with E-state index in [0.717, 1.165) is 51.5 Å². The second kappa shape index (κ2) is 8.63. The fraction of sp³-hybridized carbons (Fsp3) is 0.650. The average molecular weight is 329 g/mol. The maximum absolute atomic E-state index is 12.3. The van der Waals surface area contributed by atoms with Crippen molar-refractivity contribution >= 4 is 5.91 Å². The molecule has 2 heterocycles. The molecule has 2 aliphatic heterocycles. The standard InChI is InChI=1S/C20H31N3O/c1-17-6-5-11-23(14-17)16-20(24)21-19-9-12-22(13-10-19)15-18-7-3-2-4-8-18/h2-4,7-8,17,19H,5-6,9-16H2,1H3,(H,21,24)/t17-/m0/s1. The molecule has 24 heavy (non-hydrogen) atoms. The van der Waals surface area contributed by atoms with Crippen molar-refractivity contribution in [2.75, 3.05) is 32.7 Å². The molecule has 132 valence electrons. The van der Waals surface area contributed by atoms with E-state index in [1.54, 1.807) is 0 Å². The number of carbonyl (C=O) groups is 1. The number of nitrogens with zero attached hydrogens (tertiary/aromatic N) is 2. The Kier molecular flexibility index (Phi) is 6.27. The summed E-state index contributed by atoms with van der Waals surface area (Å²) in [5.74, 6) is 0.943. The van der Waals surface area contributed by atoms with E-state index in [-0.39, 0.29) is 5.91 Å². The molecule has 1 atom stereocenters. The fourth-order valence-electron chi connectivity index (χ4n) is 3.98. The lowest BCUT2D eigenvalue weighted by Crippen LogP contribution is -2.48. The van der Waals surface area contributed by atoms with Crippen molar-refractivity contribution < 1.29 is 4.79 Å². The van der Waals surface area contributed by atoms with Gasteiger partial charge in [-0.1, -0.05) is 37.3 Å². The molecular weight excluding hydrogens is 298 g/mol. The van der Waals surface area contributed by atoms with Crippen molar-refractivity contribution in [3.8, 4) is 0 Å². The van der Waals surface area contributed by atoms with Gasteiger partial charge in [-0.2, -0.15) is 0 Å². The normalized spacial score (nSPS) is 24.0. The Hall–Kier alpha value is -1.39. The Bertz CT molecular complexity index is 511. The number of hydrogen-bond acceptors (Lipinski definition) is 3. The van der Waals surface area contributed by atoms with Crippen molar-refractivity contribution in [2.45, 2.75) is 45.2 Å². The van der Waals surface area contributed by atoms with Crippen LogP contribution in [0.4, 0.5) is 0 Å². The van der Waals surface area contributed by atoms with Gasteiger partial charge in [0.05, 0.1) is 6.54 Å². The van der Waals surface area contributed by atoms with E-state index in [1.165, 1.54) is 18.4 Å². The summed E-state index contributed by atoms with van der Waals surface area (Å²) in [7, 11) is 0. The summed E-state index contributed by atoms with van der Waals surface area (Å²) in [6, 6.07) is 11.0. The second-order valence-electron chi connectivity index (χ2n) is 7.59. The molecule has 0 radical (unpaired) electrons. The van der Waals surface area contributed by atoms with E-state index >= 15 is 0 Å². The molecule has 2 fully saturated rings. The molecule has 0 bridgehead atoms. The summed E-state index contributed by atoms with van der Waals surface area (Å²) in [4.78, 5) is 17.1. The number of amides is 1. The largest absolute Gasteiger partial charge is 0.352 e. The van der Waals surface area contributed by atoms with Gasteiger partial charge in [0.2, 0.25) is 5.91 Å². The summed E-state index contributed by atoms with van der Waals surface area (Å²) < 4.78 is 0. The summed E-state index contributed by atoms with van der Waals surface area (Å²) in [6.45, 7) is 8.17. The third kappa shape index (κ3) is 5.32. The first-order chi connectivity index (χ1) is 11.7. The Morgan fingerprint density at radius 1 is 1.08 bits per heavy atom. The van der Waals surface area contributed by atoms with E-state index in [1.807, 2.05) is 0 Å². The SMILES string of the molecule is C[C@H]1CCCN(CC(=O)NC2CCN(Cc3ccccc3)CC2)C1. The lowest BCUT2D eigenvalue weighted by atomic mass is 10.0. The fourth-order valence-corrected chi connectivity index (χ4v) is 3.98. The number of likely N-dealkylation sites (tertiary alicyclic amines) is 2. The zero-order valence-electron chi connectivity index (χ0n) is 14.9. The molecule has 2 saturated heterocycles. The van der Waals surface area contributed by atoms with Crippen LogP contribution in [-0.4, -0.2) is 54.5 Å². The molecular formula is C20H31N3O. The van der Waals surface area contributed by atoms with Crippen LogP contribution in [0.3, 0.4) is 0 Å². The highest BCUT2D eigenvalue weighted by molar-refractivity contribution is 5.78. The van der Waals surface area contributed by atoms with Crippen LogP contribution in [0.1, 0.15) is 38.2 Å². The van der Waals surface area contributed by atoms with Gasteiger partial charge in [-0.05, 0) is 43.7 Å². The lowest BCUT2D eigenvalue weighted by molar-refractivity contribution is -0.123. The van der Waals surface area contributed by atoms with E-state index < -0.39 is 0 Å². The van der Waals surface area contributed by atoms with E-state index in [2.05, 4.69) is 52.4 Å². The van der Waals surface area contributed by atoms with Crippen LogP contribution in [0.2, 0.25) is 0 Å². The van der Waals surface area contributed by atoms with Crippen molar-refractivity contribution in [2.24, 2.45) is 5.92 Å². The number of benzene rings is 1. The highest BCUT2D eigenvalue weighted by atomic mass is 16.2. The number of hydrogen-bond donors (Lipinski definition) is 1. The van der Waals surface area contributed by atoms with Gasteiger partial charge >= 0.3 is 0 Å². The maximum Gasteiger partial charge on any atom is 0.234 e. The van der Waals surface area contributed by atoms with Crippen LogP contribution in [0.25, 0.3) is 0 Å². The molecule has 1 N–H and O–H groups in total. The van der Waals surface area contributed by atoms with Gasteiger partial charge in [0, 0.05) is 32.2 Å². The predicted octanol–water partition coefficient (Wildman–Crippen LogP) is 2.50. The van der Waals surface area contributed by atoms with Gasteiger partial charge in [0.15, 0.2) is 0 Å². The Labute approximate surface area is 146 Å². The minimum atomic E-state index is 0.214. The van der Waals surface area contributed by atoms with Crippen molar-refractivity contribution in [3.05, 3.63) is 35.9 Å². The third-order valence-corrected chi connectivity index (χ3v) is 5.31. The molecule has 0 unspecified atom stereocenters. The van der Waals surface area contributed by atoms with Crippen LogP contribution in [0.15, 0.2) is 30.3 Å². The van der Waals surface area contributed by atoms with Crippen molar-refractivity contribution in [1.29, 1.82) is 0 Å². The van der Waals surface area contributed by atoms with Crippen LogP contribution >= 0.6 is 0 Å². The molecule has 4 nitrogen and oxygen atoms in total. The first-order valence-electron chi connectivity index (χ1n) is 9.47. The Morgan fingerprint density at radius 3 is 2.54 bits per heavy atom. The van der Waals surface area contributed by atoms with Crippen LogP contribution in [0.5, 0.6) is 0 Å². The number of carbonyl (C=O) groups excluding carboxylic acids is 1. The summed E-state index contributed by atoms with van der Waals surface area (Å²) in [5, 5.41) is 3.26. The van der Waals surface area contributed by atoms with Gasteiger partial charge in [0.25, 0.3) is 0 Å². The second-order valence-corrected chi connectivity index (χ2v) is 7.59. The summed E-state index contributed by atoms with van der Waals surface area (Å²) in [6.07, 6.45) is 4.66. The van der Waals surface area contributed by atoms with Gasteiger partial charge in [0.1, 0.15) is 0 Å². The number of piperidine rings is 2. The Balaban J connectivity index is 1.36. The highest BCUT2D eigenvalue weighted by Crippen LogP contribution is 2.16. The quantitative estimate of drug-likeness (QED) is 0.901.